The Morgan fingerprint density at radius 1 is 1.39 bits per heavy atom. The summed E-state index contributed by atoms with van der Waals surface area (Å²) >= 11 is 0. The number of hydrogen-bond donors (Lipinski definition) is 1. The minimum absolute atomic E-state index is 0.627. The van der Waals surface area contributed by atoms with Crippen molar-refractivity contribution < 1.29 is 9.26 Å². The van der Waals surface area contributed by atoms with Gasteiger partial charge in [0, 0.05) is 25.3 Å². The average Bonchev–Trinajstić information content (AvgIpc) is 2.89. The summed E-state index contributed by atoms with van der Waals surface area (Å²) in [7, 11) is 1.66. The number of nitrogens with zero attached hydrogens (tertiary/aromatic N) is 1. The molecule has 0 saturated heterocycles. The highest BCUT2D eigenvalue weighted by molar-refractivity contribution is 5.64. The topological polar surface area (TPSA) is 47.3 Å². The minimum Gasteiger partial charge on any atom is -0.383 e. The average molecular weight is 244 g/mol. The molecule has 2 aromatic rings. The van der Waals surface area contributed by atoms with E-state index in [1.807, 2.05) is 36.4 Å². The summed E-state index contributed by atoms with van der Waals surface area (Å²) in [6.07, 6.45) is 0. The number of benzene rings is 1. The second-order valence-corrected chi connectivity index (χ2v) is 3.84. The summed E-state index contributed by atoms with van der Waals surface area (Å²) < 4.78 is 10.3. The van der Waals surface area contributed by atoms with E-state index in [1.165, 1.54) is 0 Å². The van der Waals surface area contributed by atoms with Crippen LogP contribution in [0.15, 0.2) is 47.5 Å². The lowest BCUT2D eigenvalue weighted by atomic mass is 10.1. The van der Waals surface area contributed by atoms with E-state index in [0.29, 0.717) is 18.8 Å². The molecule has 94 valence electrons. The van der Waals surface area contributed by atoms with Crippen LogP contribution in [-0.2, 0) is 4.74 Å². The summed E-state index contributed by atoms with van der Waals surface area (Å²) in [5.41, 5.74) is 2.45. The van der Waals surface area contributed by atoms with Crippen molar-refractivity contribution in [2.24, 2.45) is 0 Å². The number of methoxy groups -OCH3 is 1. The van der Waals surface area contributed by atoms with Crippen molar-refractivity contribution in [3.8, 4) is 11.3 Å². The molecule has 0 aliphatic carbocycles. The molecule has 0 fully saturated rings. The maximum atomic E-state index is 5.30. The van der Waals surface area contributed by atoms with Gasteiger partial charge in [-0.1, -0.05) is 42.1 Å². The Morgan fingerprint density at radius 2 is 2.17 bits per heavy atom. The van der Waals surface area contributed by atoms with Crippen LogP contribution in [0.5, 0.6) is 0 Å². The van der Waals surface area contributed by atoms with E-state index in [2.05, 4.69) is 17.1 Å². The zero-order valence-corrected chi connectivity index (χ0v) is 10.3. The Hall–Kier alpha value is -2.07. The van der Waals surface area contributed by atoms with Gasteiger partial charge < -0.3 is 14.6 Å². The van der Waals surface area contributed by atoms with Crippen molar-refractivity contribution in [2.45, 2.75) is 0 Å². The minimum atomic E-state index is 0.627. The Morgan fingerprint density at radius 3 is 2.89 bits per heavy atom. The summed E-state index contributed by atoms with van der Waals surface area (Å²) in [6, 6.07) is 11.7. The van der Waals surface area contributed by atoms with Gasteiger partial charge >= 0.3 is 0 Å². The molecule has 0 amide bonds. The summed E-state index contributed by atoms with van der Waals surface area (Å²) in [6.45, 7) is 5.24. The molecule has 0 atom stereocenters. The molecule has 2 rings (SSSR count). The van der Waals surface area contributed by atoms with Crippen LogP contribution in [-0.4, -0.2) is 25.4 Å². The quantitative estimate of drug-likeness (QED) is 0.793. The molecular formula is C14H16N2O2. The van der Waals surface area contributed by atoms with Crippen LogP contribution in [0.4, 0.5) is 0 Å². The Bertz CT molecular complexity index is 506. The highest BCUT2D eigenvalue weighted by Gasteiger charge is 2.08. The van der Waals surface area contributed by atoms with Crippen molar-refractivity contribution >= 4 is 5.70 Å². The predicted molar refractivity (Wildman–Crippen MR) is 70.9 cm³/mol. The number of hydrogen-bond acceptors (Lipinski definition) is 4. The third-order valence-corrected chi connectivity index (χ3v) is 2.52. The van der Waals surface area contributed by atoms with Crippen molar-refractivity contribution in [3.05, 3.63) is 48.7 Å². The predicted octanol–water partition coefficient (Wildman–Crippen LogP) is 2.55. The monoisotopic (exact) mass is 244 g/mol. The van der Waals surface area contributed by atoms with Crippen molar-refractivity contribution in [2.75, 3.05) is 20.3 Å². The fourth-order valence-electron chi connectivity index (χ4n) is 1.55. The first-order valence-electron chi connectivity index (χ1n) is 5.75. The summed E-state index contributed by atoms with van der Waals surface area (Å²) in [5.74, 6) is 0.736. The molecule has 0 spiro atoms. The lowest BCUT2D eigenvalue weighted by Gasteiger charge is -2.04. The van der Waals surface area contributed by atoms with E-state index < -0.39 is 0 Å². The van der Waals surface area contributed by atoms with Crippen LogP contribution in [0.2, 0.25) is 0 Å². The molecular weight excluding hydrogens is 228 g/mol. The molecule has 1 aromatic carbocycles. The maximum Gasteiger partial charge on any atom is 0.167 e. The zero-order valence-electron chi connectivity index (χ0n) is 10.3. The van der Waals surface area contributed by atoms with Gasteiger partial charge in [-0.15, -0.1) is 0 Å². The summed E-state index contributed by atoms with van der Waals surface area (Å²) in [5, 5.41) is 7.12. The van der Waals surface area contributed by atoms with Gasteiger partial charge in [-0.2, -0.15) is 0 Å². The van der Waals surface area contributed by atoms with E-state index in [4.69, 9.17) is 9.26 Å². The lowest BCUT2D eigenvalue weighted by molar-refractivity contribution is 0.203. The maximum absolute atomic E-state index is 5.30. The van der Waals surface area contributed by atoms with Gasteiger partial charge in [0.05, 0.1) is 12.3 Å². The molecule has 0 unspecified atom stereocenters. The standard InChI is InChI=1S/C14H16N2O2/c1-11(15-8-9-17-2)13-10-14(18-16-13)12-6-4-3-5-7-12/h3-7,10,15H,1,8-9H2,2H3. The number of aromatic nitrogens is 1. The fourth-order valence-corrected chi connectivity index (χ4v) is 1.55. The van der Waals surface area contributed by atoms with Gasteiger partial charge in [-0.3, -0.25) is 0 Å². The van der Waals surface area contributed by atoms with Gasteiger partial charge in [0.1, 0.15) is 5.69 Å². The molecule has 0 saturated carbocycles. The van der Waals surface area contributed by atoms with Gasteiger partial charge in [-0.05, 0) is 0 Å². The van der Waals surface area contributed by atoms with E-state index in [-0.39, 0.29) is 0 Å². The van der Waals surface area contributed by atoms with Crippen molar-refractivity contribution in [3.63, 3.8) is 0 Å². The molecule has 1 aromatic heterocycles. The largest absolute Gasteiger partial charge is 0.383 e. The number of nitrogens with one attached hydrogen (secondary N) is 1. The molecule has 0 radical (unpaired) electrons. The van der Waals surface area contributed by atoms with Crippen LogP contribution >= 0.6 is 0 Å². The first-order chi connectivity index (χ1) is 8.81. The van der Waals surface area contributed by atoms with E-state index in [0.717, 1.165) is 17.0 Å². The van der Waals surface area contributed by atoms with Crippen LogP contribution in [0.1, 0.15) is 5.69 Å². The molecule has 1 N–H and O–H groups in total. The third-order valence-electron chi connectivity index (χ3n) is 2.52. The first kappa shape index (κ1) is 12.4. The van der Waals surface area contributed by atoms with Crippen LogP contribution < -0.4 is 5.32 Å². The summed E-state index contributed by atoms with van der Waals surface area (Å²) in [4.78, 5) is 0. The highest BCUT2D eigenvalue weighted by Crippen LogP contribution is 2.21. The van der Waals surface area contributed by atoms with Gasteiger partial charge in [-0.25, -0.2) is 0 Å². The molecule has 0 aliphatic heterocycles. The lowest BCUT2D eigenvalue weighted by Crippen LogP contribution is -2.17. The fraction of sp³-hybridized carbons (Fsp3) is 0.214. The van der Waals surface area contributed by atoms with Gasteiger partial charge in [0.25, 0.3) is 0 Å². The third kappa shape index (κ3) is 2.99. The molecule has 1 heterocycles. The zero-order chi connectivity index (χ0) is 12.8. The van der Waals surface area contributed by atoms with Crippen LogP contribution in [0.3, 0.4) is 0 Å². The molecule has 0 bridgehead atoms. The Labute approximate surface area is 106 Å². The van der Waals surface area contributed by atoms with E-state index >= 15 is 0 Å². The van der Waals surface area contributed by atoms with E-state index in [1.54, 1.807) is 7.11 Å². The SMILES string of the molecule is C=C(NCCOC)c1cc(-c2ccccc2)on1. The number of rotatable bonds is 6. The smallest absolute Gasteiger partial charge is 0.167 e. The van der Waals surface area contributed by atoms with Crippen molar-refractivity contribution in [1.29, 1.82) is 0 Å². The molecule has 4 heteroatoms. The first-order valence-corrected chi connectivity index (χ1v) is 5.75. The second-order valence-electron chi connectivity index (χ2n) is 3.84. The van der Waals surface area contributed by atoms with Crippen LogP contribution in [0.25, 0.3) is 17.0 Å². The normalized spacial score (nSPS) is 10.3. The number of ether oxygens (including phenoxy) is 1. The van der Waals surface area contributed by atoms with Gasteiger partial charge in [0.15, 0.2) is 5.76 Å². The van der Waals surface area contributed by atoms with Crippen LogP contribution in [0, 0.1) is 0 Å². The molecule has 0 aliphatic rings. The Balaban J connectivity index is 2.04. The second kappa shape index (κ2) is 6.02. The van der Waals surface area contributed by atoms with Gasteiger partial charge in [0.2, 0.25) is 0 Å². The Kier molecular flexibility index (Phi) is 4.15. The molecule has 18 heavy (non-hydrogen) atoms. The molecule has 4 nitrogen and oxygen atoms in total. The van der Waals surface area contributed by atoms with E-state index in [9.17, 15) is 0 Å². The van der Waals surface area contributed by atoms with Crippen molar-refractivity contribution in [1.82, 2.24) is 10.5 Å². The highest BCUT2D eigenvalue weighted by atomic mass is 16.5.